The molecule has 0 unspecified atom stereocenters. The molecule has 3 rings (SSSR count). The second-order valence-electron chi connectivity index (χ2n) is 5.48. The molecule has 0 saturated heterocycles. The first-order valence-corrected chi connectivity index (χ1v) is 9.07. The zero-order valence-electron chi connectivity index (χ0n) is 13.5. The molecule has 0 N–H and O–H groups in total. The molecule has 0 radical (unpaired) electrons. The van der Waals surface area contributed by atoms with E-state index in [0.717, 1.165) is 0 Å². The monoisotopic (exact) mass is 449 g/mol. The van der Waals surface area contributed by atoms with E-state index in [1.54, 1.807) is 43.3 Å². The molecular weight excluding hydrogens is 440 g/mol. The molecule has 2 aromatic carbocycles. The average molecular weight is 451 g/mol. The molecular formula is C20H11BrCl2FNO. The van der Waals surface area contributed by atoms with Crippen LogP contribution in [0.3, 0.4) is 0 Å². The lowest BCUT2D eigenvalue weighted by atomic mass is 10.1. The van der Waals surface area contributed by atoms with Crippen molar-refractivity contribution in [3.63, 3.8) is 0 Å². The summed E-state index contributed by atoms with van der Waals surface area (Å²) in [6.07, 6.45) is 0. The maximum Gasteiger partial charge on any atom is 0.270 e. The Kier molecular flexibility index (Phi) is 5.52. The molecule has 0 fully saturated rings. The lowest BCUT2D eigenvalue weighted by Gasteiger charge is -2.14. The van der Waals surface area contributed by atoms with Crippen LogP contribution in [0.4, 0.5) is 4.39 Å². The summed E-state index contributed by atoms with van der Waals surface area (Å²) in [6, 6.07) is 12.6. The maximum atomic E-state index is 13.0. The van der Waals surface area contributed by atoms with Gasteiger partial charge in [0.15, 0.2) is 0 Å². The lowest BCUT2D eigenvalue weighted by molar-refractivity contribution is 0.627. The molecule has 3 aromatic rings. The van der Waals surface area contributed by atoms with Gasteiger partial charge in [0.25, 0.3) is 5.56 Å². The van der Waals surface area contributed by atoms with Gasteiger partial charge in [0.2, 0.25) is 0 Å². The molecule has 6 heteroatoms. The summed E-state index contributed by atoms with van der Waals surface area (Å²) >= 11 is 15.8. The first-order valence-electron chi connectivity index (χ1n) is 7.52. The van der Waals surface area contributed by atoms with Crippen LogP contribution in [-0.4, -0.2) is 4.57 Å². The summed E-state index contributed by atoms with van der Waals surface area (Å²) in [7, 11) is 0. The van der Waals surface area contributed by atoms with Crippen molar-refractivity contribution in [1.29, 1.82) is 0 Å². The Labute approximate surface area is 168 Å². The minimum Gasteiger partial charge on any atom is -0.278 e. The van der Waals surface area contributed by atoms with Crippen LogP contribution in [0.15, 0.2) is 57.8 Å². The Balaban J connectivity index is 2.13. The summed E-state index contributed by atoms with van der Waals surface area (Å²) < 4.78 is 14.7. The summed E-state index contributed by atoms with van der Waals surface area (Å²) in [4.78, 5) is 12.9. The van der Waals surface area contributed by atoms with Crippen molar-refractivity contribution in [2.24, 2.45) is 0 Å². The highest BCUT2D eigenvalue weighted by atomic mass is 79.9. The number of rotatable bonds is 1. The number of pyridine rings is 1. The second-order valence-corrected chi connectivity index (χ2v) is 7.09. The predicted molar refractivity (Wildman–Crippen MR) is 107 cm³/mol. The van der Waals surface area contributed by atoms with Crippen LogP contribution in [0, 0.1) is 24.6 Å². The summed E-state index contributed by atoms with van der Waals surface area (Å²) in [5.74, 6) is 5.53. The average Bonchev–Trinajstić information content (AvgIpc) is 2.61. The molecule has 26 heavy (non-hydrogen) atoms. The van der Waals surface area contributed by atoms with Gasteiger partial charge in [0, 0.05) is 16.8 Å². The van der Waals surface area contributed by atoms with E-state index < -0.39 is 0 Å². The number of benzene rings is 2. The van der Waals surface area contributed by atoms with Crippen molar-refractivity contribution >= 4 is 39.1 Å². The van der Waals surface area contributed by atoms with Crippen molar-refractivity contribution in [3.05, 3.63) is 96.0 Å². The van der Waals surface area contributed by atoms with E-state index >= 15 is 0 Å². The number of hydrogen-bond acceptors (Lipinski definition) is 1. The van der Waals surface area contributed by atoms with Crippen LogP contribution < -0.4 is 5.56 Å². The van der Waals surface area contributed by atoms with Gasteiger partial charge in [-0.3, -0.25) is 9.36 Å². The topological polar surface area (TPSA) is 22.0 Å². The number of halogens is 4. The Morgan fingerprint density at radius 3 is 2.27 bits per heavy atom. The smallest absolute Gasteiger partial charge is 0.270 e. The molecule has 0 aliphatic rings. The minimum atomic E-state index is -0.327. The molecule has 130 valence electrons. The minimum absolute atomic E-state index is 0.300. The third kappa shape index (κ3) is 3.71. The Hall–Kier alpha value is -2.06. The quantitative estimate of drug-likeness (QED) is 0.432. The number of nitrogens with zero attached hydrogens (tertiary/aromatic N) is 1. The van der Waals surface area contributed by atoms with E-state index in [0.29, 0.717) is 37.0 Å². The third-order valence-electron chi connectivity index (χ3n) is 3.68. The molecule has 0 bridgehead atoms. The maximum absolute atomic E-state index is 13.0. The van der Waals surface area contributed by atoms with E-state index in [1.165, 1.54) is 16.7 Å². The van der Waals surface area contributed by atoms with Gasteiger partial charge in [0.1, 0.15) is 5.82 Å². The molecule has 0 aliphatic carbocycles. The number of hydrogen-bond donors (Lipinski definition) is 0. The van der Waals surface area contributed by atoms with Gasteiger partial charge >= 0.3 is 0 Å². The standard InChI is InChI=1S/C20H11BrCl2FNO/c1-12-11-14(8-5-13-6-9-15(24)10-7-13)18(21)20(26)25(12)19-16(22)3-2-4-17(19)23/h2-4,6-7,9-11H,1H3. The predicted octanol–water partition coefficient (Wildman–Crippen LogP) is 5.75. The van der Waals surface area contributed by atoms with Crippen molar-refractivity contribution in [2.75, 3.05) is 0 Å². The van der Waals surface area contributed by atoms with E-state index in [4.69, 9.17) is 23.2 Å². The van der Waals surface area contributed by atoms with Crippen LogP contribution in [0.5, 0.6) is 0 Å². The van der Waals surface area contributed by atoms with Gasteiger partial charge in [0.05, 0.1) is 20.2 Å². The normalized spacial score (nSPS) is 10.3. The highest BCUT2D eigenvalue weighted by Gasteiger charge is 2.15. The number of para-hydroxylation sites is 1. The molecule has 0 spiro atoms. The molecule has 2 nitrogen and oxygen atoms in total. The number of aryl methyl sites for hydroxylation is 1. The molecule has 0 saturated carbocycles. The van der Waals surface area contributed by atoms with Crippen molar-refractivity contribution < 1.29 is 4.39 Å². The zero-order valence-corrected chi connectivity index (χ0v) is 16.6. The van der Waals surface area contributed by atoms with Crippen LogP contribution in [0.2, 0.25) is 10.0 Å². The lowest BCUT2D eigenvalue weighted by Crippen LogP contribution is -2.22. The van der Waals surface area contributed by atoms with Crippen molar-refractivity contribution in [3.8, 4) is 17.5 Å². The largest absolute Gasteiger partial charge is 0.278 e. The summed E-state index contributed by atoms with van der Waals surface area (Å²) in [5, 5.41) is 0.750. The fraction of sp³-hybridized carbons (Fsp3) is 0.0500. The number of aromatic nitrogens is 1. The Morgan fingerprint density at radius 1 is 1.04 bits per heavy atom. The van der Waals surface area contributed by atoms with E-state index in [9.17, 15) is 9.18 Å². The van der Waals surface area contributed by atoms with Crippen LogP contribution in [0.1, 0.15) is 16.8 Å². The Morgan fingerprint density at radius 2 is 1.65 bits per heavy atom. The molecule has 1 heterocycles. The SMILES string of the molecule is Cc1cc(C#Cc2ccc(F)cc2)c(Br)c(=O)n1-c1c(Cl)cccc1Cl. The van der Waals surface area contributed by atoms with Gasteiger partial charge in [-0.15, -0.1) is 0 Å². The van der Waals surface area contributed by atoms with Crippen LogP contribution in [0.25, 0.3) is 5.69 Å². The summed E-state index contributed by atoms with van der Waals surface area (Å²) in [5.41, 5.74) is 1.92. The molecule has 0 atom stereocenters. The van der Waals surface area contributed by atoms with Crippen LogP contribution in [-0.2, 0) is 0 Å². The van der Waals surface area contributed by atoms with E-state index in [2.05, 4.69) is 27.8 Å². The second kappa shape index (κ2) is 7.67. The fourth-order valence-corrected chi connectivity index (χ4v) is 3.41. The molecule has 0 amide bonds. The first-order chi connectivity index (χ1) is 12.4. The third-order valence-corrected chi connectivity index (χ3v) is 5.06. The van der Waals surface area contributed by atoms with Gasteiger partial charge in [-0.25, -0.2) is 4.39 Å². The highest BCUT2D eigenvalue weighted by Crippen LogP contribution is 2.29. The van der Waals surface area contributed by atoms with E-state index in [-0.39, 0.29) is 11.4 Å². The van der Waals surface area contributed by atoms with Crippen molar-refractivity contribution in [1.82, 2.24) is 4.57 Å². The fourth-order valence-electron chi connectivity index (χ4n) is 2.45. The van der Waals surface area contributed by atoms with Gasteiger partial charge in [-0.05, 0) is 65.3 Å². The van der Waals surface area contributed by atoms with Gasteiger partial charge < -0.3 is 0 Å². The molecule has 1 aromatic heterocycles. The molecule has 0 aliphatic heterocycles. The first kappa shape index (κ1) is 18.7. The van der Waals surface area contributed by atoms with E-state index in [1.807, 2.05) is 0 Å². The van der Waals surface area contributed by atoms with Gasteiger partial charge in [-0.1, -0.05) is 41.1 Å². The Bertz CT molecular complexity index is 1090. The highest BCUT2D eigenvalue weighted by molar-refractivity contribution is 9.10. The summed E-state index contributed by atoms with van der Waals surface area (Å²) in [6.45, 7) is 1.77. The van der Waals surface area contributed by atoms with Crippen LogP contribution >= 0.6 is 39.1 Å². The zero-order chi connectivity index (χ0) is 18.8. The van der Waals surface area contributed by atoms with Crippen molar-refractivity contribution in [2.45, 2.75) is 6.92 Å². The van der Waals surface area contributed by atoms with Gasteiger partial charge in [-0.2, -0.15) is 0 Å².